The highest BCUT2D eigenvalue weighted by atomic mass is 16.5. The minimum atomic E-state index is -0.141. The van der Waals surface area contributed by atoms with Crippen LogP contribution in [0.3, 0.4) is 0 Å². The Hall–Kier alpha value is -3.32. The third-order valence-electron chi connectivity index (χ3n) is 4.09. The van der Waals surface area contributed by atoms with E-state index in [1.807, 2.05) is 60.0 Å². The quantitative estimate of drug-likeness (QED) is 0.717. The van der Waals surface area contributed by atoms with Crippen molar-refractivity contribution in [2.75, 3.05) is 0 Å². The van der Waals surface area contributed by atoms with E-state index in [1.165, 1.54) is 6.07 Å². The summed E-state index contributed by atoms with van der Waals surface area (Å²) < 4.78 is 7.72. The highest BCUT2D eigenvalue weighted by molar-refractivity contribution is 5.38. The summed E-state index contributed by atoms with van der Waals surface area (Å²) in [5.74, 6) is 0.348. The summed E-state index contributed by atoms with van der Waals surface area (Å²) in [5.41, 5.74) is 3.15. The zero-order valence-corrected chi connectivity index (χ0v) is 14.0. The number of nitriles is 1. The molecule has 4 heteroatoms. The van der Waals surface area contributed by atoms with Crippen molar-refractivity contribution in [1.29, 1.82) is 5.26 Å². The largest absolute Gasteiger partial charge is 0.483 e. The van der Waals surface area contributed by atoms with Gasteiger partial charge in [0, 0.05) is 18.8 Å². The standard InChI is InChI=1S/C21H18N2O2/c1-16-21(25-15-17-7-3-2-4-8-17)20(24)11-12-23(16)14-19-10-6-5-9-18(19)13-22/h2-12H,14-15H2,1H3. The predicted molar refractivity (Wildman–Crippen MR) is 96.5 cm³/mol. The molecule has 0 saturated heterocycles. The monoisotopic (exact) mass is 330 g/mol. The molecule has 0 N–H and O–H groups in total. The second-order valence-electron chi connectivity index (χ2n) is 5.77. The molecule has 0 atom stereocenters. The van der Waals surface area contributed by atoms with Crippen LogP contribution in [-0.2, 0) is 13.2 Å². The van der Waals surface area contributed by atoms with Crippen molar-refractivity contribution in [2.24, 2.45) is 0 Å². The fourth-order valence-corrected chi connectivity index (χ4v) is 2.68. The van der Waals surface area contributed by atoms with Crippen LogP contribution in [0.25, 0.3) is 0 Å². The van der Waals surface area contributed by atoms with Gasteiger partial charge in [-0.15, -0.1) is 0 Å². The summed E-state index contributed by atoms with van der Waals surface area (Å²) in [6, 6.07) is 20.9. The first kappa shape index (κ1) is 16.5. The first-order valence-corrected chi connectivity index (χ1v) is 8.04. The Labute approximate surface area is 146 Å². The van der Waals surface area contributed by atoms with E-state index in [1.54, 1.807) is 12.3 Å². The minimum Gasteiger partial charge on any atom is -0.483 e. The van der Waals surface area contributed by atoms with Gasteiger partial charge in [0.15, 0.2) is 5.75 Å². The molecule has 124 valence electrons. The van der Waals surface area contributed by atoms with Crippen LogP contribution in [0.2, 0.25) is 0 Å². The number of hydrogen-bond donors (Lipinski definition) is 0. The SMILES string of the molecule is Cc1c(OCc2ccccc2)c(=O)ccn1Cc1ccccc1C#N. The van der Waals surface area contributed by atoms with Gasteiger partial charge in [0.1, 0.15) is 6.61 Å². The lowest BCUT2D eigenvalue weighted by molar-refractivity contribution is 0.297. The van der Waals surface area contributed by atoms with Gasteiger partial charge < -0.3 is 9.30 Å². The van der Waals surface area contributed by atoms with Gasteiger partial charge in [-0.05, 0) is 24.1 Å². The number of rotatable bonds is 5. The van der Waals surface area contributed by atoms with Crippen LogP contribution in [0.5, 0.6) is 5.75 Å². The molecular formula is C21H18N2O2. The molecule has 1 heterocycles. The third kappa shape index (κ3) is 3.78. The Morgan fingerprint density at radius 1 is 1.04 bits per heavy atom. The zero-order chi connectivity index (χ0) is 17.6. The van der Waals surface area contributed by atoms with Crippen LogP contribution in [-0.4, -0.2) is 4.57 Å². The van der Waals surface area contributed by atoms with Gasteiger partial charge in [-0.25, -0.2) is 0 Å². The Balaban J connectivity index is 1.87. The van der Waals surface area contributed by atoms with Crippen molar-refractivity contribution in [3.63, 3.8) is 0 Å². The Bertz CT molecular complexity index is 969. The highest BCUT2D eigenvalue weighted by Crippen LogP contribution is 2.17. The van der Waals surface area contributed by atoms with E-state index in [0.29, 0.717) is 24.5 Å². The Kier molecular flexibility index (Phi) is 4.96. The Morgan fingerprint density at radius 2 is 1.76 bits per heavy atom. The van der Waals surface area contributed by atoms with Gasteiger partial charge in [0.25, 0.3) is 0 Å². The number of benzene rings is 2. The van der Waals surface area contributed by atoms with Gasteiger partial charge in [0.2, 0.25) is 5.43 Å². The number of ether oxygens (including phenoxy) is 1. The summed E-state index contributed by atoms with van der Waals surface area (Å²) in [6.45, 7) is 2.71. The second-order valence-corrected chi connectivity index (χ2v) is 5.77. The maximum Gasteiger partial charge on any atom is 0.223 e. The van der Waals surface area contributed by atoms with Crippen LogP contribution in [0.1, 0.15) is 22.4 Å². The lowest BCUT2D eigenvalue weighted by Crippen LogP contribution is -2.15. The van der Waals surface area contributed by atoms with Crippen molar-refractivity contribution in [2.45, 2.75) is 20.1 Å². The average Bonchev–Trinajstić information content (AvgIpc) is 2.65. The molecule has 0 unspecified atom stereocenters. The summed E-state index contributed by atoms with van der Waals surface area (Å²) in [5, 5.41) is 9.24. The molecule has 3 rings (SSSR count). The van der Waals surface area contributed by atoms with Crippen molar-refractivity contribution < 1.29 is 4.74 Å². The molecule has 0 aliphatic rings. The summed E-state index contributed by atoms with van der Waals surface area (Å²) in [6.07, 6.45) is 1.74. The van der Waals surface area contributed by atoms with Gasteiger partial charge in [-0.1, -0.05) is 48.5 Å². The predicted octanol–water partition coefficient (Wildman–Crippen LogP) is 3.66. The van der Waals surface area contributed by atoms with E-state index in [0.717, 1.165) is 16.8 Å². The van der Waals surface area contributed by atoms with Crippen molar-refractivity contribution in [3.8, 4) is 11.8 Å². The maximum absolute atomic E-state index is 12.2. The Morgan fingerprint density at radius 3 is 2.52 bits per heavy atom. The molecule has 0 saturated carbocycles. The van der Waals surface area contributed by atoms with E-state index in [2.05, 4.69) is 6.07 Å². The third-order valence-corrected chi connectivity index (χ3v) is 4.09. The van der Waals surface area contributed by atoms with E-state index >= 15 is 0 Å². The highest BCUT2D eigenvalue weighted by Gasteiger charge is 2.10. The van der Waals surface area contributed by atoms with Gasteiger partial charge in [0.05, 0.1) is 17.3 Å². The first-order valence-electron chi connectivity index (χ1n) is 8.04. The van der Waals surface area contributed by atoms with Gasteiger partial charge in [-0.2, -0.15) is 5.26 Å². The smallest absolute Gasteiger partial charge is 0.223 e. The number of nitrogens with zero attached hydrogens (tertiary/aromatic N) is 2. The average molecular weight is 330 g/mol. The second kappa shape index (κ2) is 7.50. The van der Waals surface area contributed by atoms with E-state index in [-0.39, 0.29) is 5.43 Å². The molecule has 3 aromatic rings. The summed E-state index contributed by atoms with van der Waals surface area (Å²) >= 11 is 0. The molecule has 2 aromatic carbocycles. The molecule has 0 spiro atoms. The lowest BCUT2D eigenvalue weighted by Gasteiger charge is -2.15. The van der Waals surface area contributed by atoms with E-state index < -0.39 is 0 Å². The molecular weight excluding hydrogens is 312 g/mol. The normalized spacial score (nSPS) is 10.2. The zero-order valence-electron chi connectivity index (χ0n) is 14.0. The fraction of sp³-hybridized carbons (Fsp3) is 0.143. The van der Waals surface area contributed by atoms with Crippen LogP contribution in [0.15, 0.2) is 71.7 Å². The number of aromatic nitrogens is 1. The maximum atomic E-state index is 12.2. The van der Waals surface area contributed by atoms with Gasteiger partial charge >= 0.3 is 0 Å². The van der Waals surface area contributed by atoms with Crippen molar-refractivity contribution in [3.05, 3.63) is 99.5 Å². The molecule has 0 bridgehead atoms. The summed E-state index contributed by atoms with van der Waals surface area (Å²) in [4.78, 5) is 12.2. The van der Waals surface area contributed by atoms with E-state index in [9.17, 15) is 10.1 Å². The number of hydrogen-bond acceptors (Lipinski definition) is 3. The van der Waals surface area contributed by atoms with Crippen LogP contribution in [0, 0.1) is 18.3 Å². The van der Waals surface area contributed by atoms with Crippen LogP contribution in [0.4, 0.5) is 0 Å². The molecule has 25 heavy (non-hydrogen) atoms. The van der Waals surface area contributed by atoms with Crippen LogP contribution < -0.4 is 10.2 Å². The van der Waals surface area contributed by atoms with Crippen LogP contribution >= 0.6 is 0 Å². The number of pyridine rings is 1. The molecule has 0 radical (unpaired) electrons. The molecule has 0 amide bonds. The van der Waals surface area contributed by atoms with Crippen molar-refractivity contribution in [1.82, 2.24) is 4.57 Å². The molecule has 0 aliphatic carbocycles. The molecule has 4 nitrogen and oxygen atoms in total. The van der Waals surface area contributed by atoms with Crippen molar-refractivity contribution >= 4 is 0 Å². The molecule has 0 aliphatic heterocycles. The summed E-state index contributed by atoms with van der Waals surface area (Å²) in [7, 11) is 0. The van der Waals surface area contributed by atoms with E-state index in [4.69, 9.17) is 4.74 Å². The molecule has 1 aromatic heterocycles. The first-order chi connectivity index (χ1) is 12.2. The minimum absolute atomic E-state index is 0.141. The van der Waals surface area contributed by atoms with Gasteiger partial charge in [-0.3, -0.25) is 4.79 Å². The topological polar surface area (TPSA) is 55.0 Å². The lowest BCUT2D eigenvalue weighted by atomic mass is 10.1. The fourth-order valence-electron chi connectivity index (χ4n) is 2.68. The molecule has 0 fully saturated rings.